The summed E-state index contributed by atoms with van der Waals surface area (Å²) in [5.74, 6) is 3.26. The van der Waals surface area contributed by atoms with Gasteiger partial charge < -0.3 is 45.5 Å². The molecular formula is C56H66O10P2. The Kier molecular flexibility index (Phi) is 13.6. The second-order valence-corrected chi connectivity index (χ2v) is 23.3. The molecule has 0 aliphatic heterocycles. The van der Waals surface area contributed by atoms with E-state index < -0.39 is 16.5 Å². The van der Waals surface area contributed by atoms with Crippen LogP contribution in [0.1, 0.15) is 111 Å². The van der Waals surface area contributed by atoms with Gasteiger partial charge in [0.15, 0.2) is 0 Å². The quantitative estimate of drug-likeness (QED) is 0.146. The molecule has 68 heavy (non-hydrogen) atoms. The molecule has 0 saturated heterocycles. The van der Waals surface area contributed by atoms with E-state index in [1.54, 1.807) is 21.3 Å². The smallest absolute Gasteiger partial charge is 0.453 e. The minimum absolute atomic E-state index is 0. The zero-order valence-corrected chi connectivity index (χ0v) is 44.1. The van der Waals surface area contributed by atoms with Gasteiger partial charge in [0, 0.05) is 54.9 Å². The van der Waals surface area contributed by atoms with E-state index in [0.29, 0.717) is 39.7 Å². The van der Waals surface area contributed by atoms with E-state index in [4.69, 9.17) is 40.0 Å². The Morgan fingerprint density at radius 3 is 0.956 bits per heavy atom. The molecule has 2 aromatic heterocycles. The molecule has 0 radical (unpaired) electrons. The van der Waals surface area contributed by atoms with Crippen LogP contribution in [0.15, 0.2) is 114 Å². The first-order valence-electron chi connectivity index (χ1n) is 22.7. The third kappa shape index (κ3) is 9.83. The Labute approximate surface area is 402 Å². The Bertz CT molecular complexity index is 3180. The first kappa shape index (κ1) is 50.0. The van der Waals surface area contributed by atoms with Crippen LogP contribution in [0, 0.1) is 6.92 Å². The molecular weight excluding hydrogens is 895 g/mol. The molecule has 0 aliphatic rings. The Morgan fingerprint density at radius 1 is 0.382 bits per heavy atom. The first-order chi connectivity index (χ1) is 31.5. The maximum Gasteiger partial charge on any atom is 0.453 e. The van der Waals surface area contributed by atoms with E-state index in [9.17, 15) is 0 Å². The van der Waals surface area contributed by atoms with Gasteiger partial charge >= 0.3 is 16.5 Å². The van der Waals surface area contributed by atoms with Crippen LogP contribution >= 0.6 is 16.5 Å². The molecule has 1 atom stereocenters. The van der Waals surface area contributed by atoms with Crippen LogP contribution in [0.5, 0.6) is 28.7 Å². The van der Waals surface area contributed by atoms with Crippen molar-refractivity contribution in [3.8, 4) is 39.9 Å². The number of rotatable bonds is 8. The molecule has 2 N–H and O–H groups in total. The Morgan fingerprint density at radius 2 is 0.662 bits per heavy atom. The van der Waals surface area contributed by atoms with E-state index in [0.717, 1.165) is 71.8 Å². The summed E-state index contributed by atoms with van der Waals surface area (Å²) in [6.45, 7) is 28.2. The summed E-state index contributed by atoms with van der Waals surface area (Å²) < 4.78 is 59.8. The summed E-state index contributed by atoms with van der Waals surface area (Å²) in [5.41, 5.74) is 8.12. The highest BCUT2D eigenvalue weighted by Gasteiger charge is 2.29. The van der Waals surface area contributed by atoms with Crippen molar-refractivity contribution in [3.05, 3.63) is 125 Å². The van der Waals surface area contributed by atoms with Crippen molar-refractivity contribution < 1.29 is 45.5 Å². The Hall–Kier alpha value is -5.92. The van der Waals surface area contributed by atoms with Gasteiger partial charge in [0.2, 0.25) is 0 Å². The summed E-state index contributed by atoms with van der Waals surface area (Å²) in [4.78, 5) is 0. The van der Waals surface area contributed by atoms with Gasteiger partial charge in [-0.3, -0.25) is 0 Å². The van der Waals surface area contributed by atoms with E-state index >= 15 is 0 Å². The minimum Gasteiger partial charge on any atom is -0.497 e. The third-order valence-corrected chi connectivity index (χ3v) is 14.0. The molecule has 2 heterocycles. The van der Waals surface area contributed by atoms with Crippen molar-refractivity contribution >= 4 is 60.4 Å². The van der Waals surface area contributed by atoms with Gasteiger partial charge in [-0.15, -0.1) is 0 Å². The lowest BCUT2D eigenvalue weighted by molar-refractivity contribution is 0.413. The average molecular weight is 961 g/mol. The first-order valence-corrected chi connectivity index (χ1v) is 24.9. The van der Waals surface area contributed by atoms with Crippen molar-refractivity contribution in [2.45, 2.75) is 112 Å². The lowest BCUT2D eigenvalue weighted by Gasteiger charge is -2.21. The normalized spacial score (nSPS) is 12.6. The molecule has 0 bridgehead atoms. The van der Waals surface area contributed by atoms with Crippen LogP contribution in [0.3, 0.4) is 0 Å². The predicted octanol–water partition coefficient (Wildman–Crippen LogP) is 16.9. The fourth-order valence-corrected chi connectivity index (χ4v) is 10.7. The zero-order valence-electron chi connectivity index (χ0n) is 42.3. The molecule has 10 nitrogen and oxygen atoms in total. The van der Waals surface area contributed by atoms with Crippen molar-refractivity contribution in [1.29, 1.82) is 0 Å². The lowest BCUT2D eigenvalue weighted by atomic mass is 9.83. The summed E-state index contributed by atoms with van der Waals surface area (Å²) >= 11 is 0. The molecule has 360 valence electrons. The van der Waals surface area contributed by atoms with Crippen LogP contribution in [-0.2, 0) is 21.7 Å². The van der Waals surface area contributed by atoms with E-state index in [1.807, 2.05) is 78.9 Å². The average Bonchev–Trinajstić information content (AvgIpc) is 3.51. The summed E-state index contributed by atoms with van der Waals surface area (Å²) in [6, 6.07) is 32.3. The molecule has 8 rings (SSSR count). The minimum atomic E-state index is -2.11. The number of hydrogen-bond acceptors (Lipinski definition) is 9. The van der Waals surface area contributed by atoms with Crippen molar-refractivity contribution in [2.75, 3.05) is 21.3 Å². The number of fused-ring (bicyclic) bond motifs is 6. The Balaban J connectivity index is 0.00000684. The highest BCUT2D eigenvalue weighted by atomic mass is 31.1. The zero-order chi connectivity index (χ0) is 48.4. The molecule has 0 amide bonds. The van der Waals surface area contributed by atoms with Crippen LogP contribution < -0.4 is 23.3 Å². The predicted molar refractivity (Wildman–Crippen MR) is 279 cm³/mol. The third-order valence-electron chi connectivity index (χ3n) is 12.0. The van der Waals surface area contributed by atoms with Gasteiger partial charge in [0.05, 0.1) is 21.3 Å². The van der Waals surface area contributed by atoms with E-state index in [2.05, 4.69) is 108 Å². The molecule has 1 unspecified atom stereocenters. The second-order valence-electron chi connectivity index (χ2n) is 21.3. The van der Waals surface area contributed by atoms with Crippen LogP contribution in [0.4, 0.5) is 0 Å². The fourth-order valence-electron chi connectivity index (χ4n) is 8.46. The van der Waals surface area contributed by atoms with Gasteiger partial charge in [-0.2, -0.15) is 0 Å². The number of ether oxygens (including phenoxy) is 3. The van der Waals surface area contributed by atoms with Gasteiger partial charge in [-0.1, -0.05) is 126 Å². The van der Waals surface area contributed by atoms with Gasteiger partial charge in [0.1, 0.15) is 51.1 Å². The van der Waals surface area contributed by atoms with Crippen molar-refractivity contribution in [3.63, 3.8) is 0 Å². The SMILES string of the molecule is COc1cc(C(C)(C)C)c2op(Oc3ccccc3-c3ccccc3Op3oc4c(C(C)(C)C)cc(OC)cc4c4cc(OC)cc(C(C)(C)C)c4o3)oc3c(C(C)(C)C)cc(C)cc3c2c1.O. The summed E-state index contributed by atoms with van der Waals surface area (Å²) in [5, 5.41) is 3.48. The molecule has 12 heteroatoms. The molecule has 0 spiro atoms. The second kappa shape index (κ2) is 18.5. The monoisotopic (exact) mass is 960 g/mol. The summed E-state index contributed by atoms with van der Waals surface area (Å²) in [7, 11) is 0.871. The highest BCUT2D eigenvalue weighted by Crippen LogP contribution is 2.50. The van der Waals surface area contributed by atoms with Crippen LogP contribution in [-0.4, -0.2) is 26.8 Å². The molecule has 0 fully saturated rings. The van der Waals surface area contributed by atoms with Crippen molar-refractivity contribution in [2.24, 2.45) is 0 Å². The van der Waals surface area contributed by atoms with E-state index in [-0.39, 0.29) is 27.1 Å². The number of benzene rings is 6. The molecule has 6 aromatic carbocycles. The van der Waals surface area contributed by atoms with Crippen LogP contribution in [0.2, 0.25) is 0 Å². The van der Waals surface area contributed by atoms with Gasteiger partial charge in [0.25, 0.3) is 0 Å². The van der Waals surface area contributed by atoms with Gasteiger partial charge in [-0.05, 0) is 88.7 Å². The number of para-hydroxylation sites is 2. The number of aryl methyl sites for hydroxylation is 1. The maximum atomic E-state index is 7.02. The van der Waals surface area contributed by atoms with Gasteiger partial charge in [-0.25, -0.2) is 0 Å². The maximum absolute atomic E-state index is 7.02. The topological polar surface area (TPSA) is 130 Å². The number of hydrogen-bond donors (Lipinski definition) is 0. The highest BCUT2D eigenvalue weighted by molar-refractivity contribution is 7.32. The van der Waals surface area contributed by atoms with Crippen LogP contribution in [0.25, 0.3) is 55.0 Å². The molecule has 0 aliphatic carbocycles. The fraction of sp³-hybridized carbons (Fsp3) is 0.357. The number of methoxy groups -OCH3 is 3. The standard InChI is InChI=1S/C56H64O9P2.H2O/c1-33-25-39-40-27-34(57-14)30-44(54(5,6)7)50(40)63-66(62-49(39)43(26-33)53(2,3)4)60-47-23-19-17-21-37(47)38-22-18-20-24-48(38)61-67-64-51-41(28-35(58-15)31-45(51)55(8,9)10)42-29-36(59-16)32-46(52(42)65-67)56(11,12)13;/h17-32H,1-16H3;1H2. The van der Waals surface area contributed by atoms with E-state index in [1.165, 1.54) is 0 Å². The lowest BCUT2D eigenvalue weighted by Crippen LogP contribution is -2.12. The molecule has 8 aromatic rings. The molecule has 0 saturated carbocycles. The largest absolute Gasteiger partial charge is 0.497 e. The summed E-state index contributed by atoms with van der Waals surface area (Å²) in [6.07, 6.45) is 0. The van der Waals surface area contributed by atoms with Crippen molar-refractivity contribution in [1.82, 2.24) is 0 Å².